The summed E-state index contributed by atoms with van der Waals surface area (Å²) < 4.78 is 45.2. The summed E-state index contributed by atoms with van der Waals surface area (Å²) in [6.07, 6.45) is -1.96. The van der Waals surface area contributed by atoms with E-state index in [1.165, 1.54) is 10.9 Å². The van der Waals surface area contributed by atoms with Crippen LogP contribution in [0.4, 0.5) is 5.95 Å². The topological polar surface area (TPSA) is 225 Å². The first-order chi connectivity index (χ1) is 14.6. The van der Waals surface area contributed by atoms with Gasteiger partial charge in [-0.15, -0.1) is 9.42 Å². The van der Waals surface area contributed by atoms with Crippen LogP contribution >= 0.6 is 16.1 Å². The zero-order valence-corrected chi connectivity index (χ0v) is 17.8. The molecule has 1 aliphatic heterocycles. The number of ether oxygens (including phenoxy) is 1. The zero-order valence-electron chi connectivity index (χ0n) is 16.0. The third kappa shape index (κ3) is 5.32. The van der Waals surface area contributed by atoms with Gasteiger partial charge < -0.3 is 15.4 Å². The number of nitrogens with two attached hydrogens (primary N) is 1. The second-order valence-electron chi connectivity index (χ2n) is 6.51. The van der Waals surface area contributed by atoms with Crippen molar-refractivity contribution in [2.45, 2.75) is 31.8 Å². The van der Waals surface area contributed by atoms with Crippen LogP contribution in [0.5, 0.6) is 0 Å². The SMILES string of the molecule is CC1C(OP(=O)(O)OCCC#N)[C@@H](CO[P+](=O)O)O[C@H]1n1cnc2c(=O)[nH]c(N)nc21. The molecule has 0 saturated carbocycles. The number of phosphoric ester groups is 1. The highest BCUT2D eigenvalue weighted by Crippen LogP contribution is 2.50. The number of rotatable bonds is 9. The monoisotopic (exact) mass is 477 g/mol. The van der Waals surface area contributed by atoms with Crippen LogP contribution in [0.15, 0.2) is 11.1 Å². The molecule has 1 aliphatic rings. The van der Waals surface area contributed by atoms with Crippen LogP contribution < -0.4 is 11.3 Å². The van der Waals surface area contributed by atoms with Gasteiger partial charge in [0, 0.05) is 10.5 Å². The lowest BCUT2D eigenvalue weighted by atomic mass is 10.0. The molecule has 15 nitrogen and oxygen atoms in total. The number of nitrogens with zero attached hydrogens (tertiary/aromatic N) is 4. The maximum atomic E-state index is 12.3. The van der Waals surface area contributed by atoms with Crippen molar-refractivity contribution >= 4 is 33.2 Å². The van der Waals surface area contributed by atoms with Gasteiger partial charge in [0.25, 0.3) is 5.56 Å². The van der Waals surface area contributed by atoms with Crippen LogP contribution in [-0.4, -0.2) is 54.7 Å². The Balaban J connectivity index is 1.90. The van der Waals surface area contributed by atoms with Crippen LogP contribution in [0.2, 0.25) is 0 Å². The Kier molecular flexibility index (Phi) is 7.15. The van der Waals surface area contributed by atoms with E-state index in [1.54, 1.807) is 13.0 Å². The van der Waals surface area contributed by atoms with Crippen molar-refractivity contribution in [3.63, 3.8) is 0 Å². The third-order valence-corrected chi connectivity index (χ3v) is 5.83. The highest BCUT2D eigenvalue weighted by Gasteiger charge is 2.48. The van der Waals surface area contributed by atoms with E-state index in [9.17, 15) is 18.8 Å². The van der Waals surface area contributed by atoms with Crippen molar-refractivity contribution in [3.05, 3.63) is 16.7 Å². The van der Waals surface area contributed by atoms with Crippen molar-refractivity contribution in [1.29, 1.82) is 5.26 Å². The van der Waals surface area contributed by atoms with E-state index >= 15 is 0 Å². The zero-order chi connectivity index (χ0) is 22.8. The molecule has 4 unspecified atom stereocenters. The number of aromatic nitrogens is 4. The average molecular weight is 477 g/mol. The van der Waals surface area contributed by atoms with Crippen LogP contribution in [0.1, 0.15) is 19.6 Å². The van der Waals surface area contributed by atoms with Gasteiger partial charge in [-0.25, -0.2) is 9.55 Å². The van der Waals surface area contributed by atoms with E-state index in [-0.39, 0.29) is 30.1 Å². The number of nitrogen functional groups attached to an aromatic ring is 1. The fraction of sp³-hybridized carbons (Fsp3) is 0.571. The van der Waals surface area contributed by atoms with Gasteiger partial charge >= 0.3 is 16.1 Å². The van der Waals surface area contributed by atoms with Crippen LogP contribution in [0.25, 0.3) is 11.2 Å². The van der Waals surface area contributed by atoms with Gasteiger partial charge in [-0.05, 0) is 0 Å². The molecule has 2 aromatic heterocycles. The molecule has 31 heavy (non-hydrogen) atoms. The van der Waals surface area contributed by atoms with E-state index in [4.69, 9.17) is 34.2 Å². The summed E-state index contributed by atoms with van der Waals surface area (Å²) in [6.45, 7) is 0.835. The molecule has 3 heterocycles. The summed E-state index contributed by atoms with van der Waals surface area (Å²) in [5, 5.41) is 8.54. The molecule has 5 N–H and O–H groups in total. The first-order valence-electron chi connectivity index (χ1n) is 8.82. The molecule has 1 fully saturated rings. The second-order valence-corrected chi connectivity index (χ2v) is 8.65. The van der Waals surface area contributed by atoms with Gasteiger partial charge in [-0.2, -0.15) is 10.2 Å². The van der Waals surface area contributed by atoms with E-state index < -0.39 is 52.6 Å². The lowest BCUT2D eigenvalue weighted by molar-refractivity contribution is -0.0405. The quantitative estimate of drug-likeness (QED) is 0.282. The van der Waals surface area contributed by atoms with Crippen molar-refractivity contribution in [2.75, 3.05) is 18.9 Å². The summed E-state index contributed by atoms with van der Waals surface area (Å²) in [4.78, 5) is 41.3. The van der Waals surface area contributed by atoms with Gasteiger partial charge in [0.2, 0.25) is 5.95 Å². The van der Waals surface area contributed by atoms with Crippen LogP contribution in [-0.2, 0) is 27.4 Å². The molecule has 0 amide bonds. The normalized spacial score (nSPS) is 25.9. The summed E-state index contributed by atoms with van der Waals surface area (Å²) in [5.74, 6) is -0.814. The minimum absolute atomic E-state index is 0.00623. The van der Waals surface area contributed by atoms with Gasteiger partial charge in [0.1, 0.15) is 25.0 Å². The van der Waals surface area contributed by atoms with E-state index in [0.717, 1.165) is 0 Å². The van der Waals surface area contributed by atoms with Crippen molar-refractivity contribution in [2.24, 2.45) is 5.92 Å². The molecule has 2 aromatic rings. The number of aromatic amines is 1. The Morgan fingerprint density at radius 3 is 2.97 bits per heavy atom. The Labute approximate surface area is 175 Å². The standard InChI is InChI=1S/C14H18N6O9P2/c1-7-10(29-31(24,25)27-4-2-3-15)8(5-26-30(22)23)28-13(7)20-6-17-9-11(20)18-14(16)19-12(9)21/h6-8,10,13H,2,4-5H2,1H3,(H4-,16,18,19,21,22,23,24,25)/p+1/t7?,8-,10?,13-/m1/s1. The number of anilines is 1. The first-order valence-corrected chi connectivity index (χ1v) is 11.4. The molecular weight excluding hydrogens is 458 g/mol. The third-order valence-electron chi connectivity index (χ3n) is 4.45. The number of hydrogen-bond donors (Lipinski definition) is 4. The minimum Gasteiger partial charge on any atom is -0.369 e. The molecule has 1 saturated heterocycles. The molecular formula is C14H19N6O9P2+. The average Bonchev–Trinajstić information content (AvgIpc) is 3.22. The van der Waals surface area contributed by atoms with Crippen molar-refractivity contribution in [3.8, 4) is 6.07 Å². The van der Waals surface area contributed by atoms with Crippen LogP contribution in [0.3, 0.4) is 0 Å². The Bertz CT molecular complexity index is 1110. The predicted molar refractivity (Wildman–Crippen MR) is 102 cm³/mol. The lowest BCUT2D eigenvalue weighted by Crippen LogP contribution is -2.31. The summed E-state index contributed by atoms with van der Waals surface area (Å²) >= 11 is 0. The van der Waals surface area contributed by atoms with Crippen molar-refractivity contribution < 1.29 is 37.2 Å². The smallest absolute Gasteiger partial charge is 0.369 e. The fourth-order valence-electron chi connectivity index (χ4n) is 3.16. The number of phosphoric acid groups is 1. The maximum absolute atomic E-state index is 12.3. The molecule has 0 aromatic carbocycles. The fourth-order valence-corrected chi connectivity index (χ4v) is 4.45. The number of imidazole rings is 1. The largest absolute Gasteiger partial charge is 0.694 e. The summed E-state index contributed by atoms with van der Waals surface area (Å²) in [7, 11) is -7.57. The number of H-pyrrole nitrogens is 1. The molecule has 0 aliphatic carbocycles. The summed E-state index contributed by atoms with van der Waals surface area (Å²) in [6, 6.07) is 1.76. The molecule has 6 atom stereocenters. The Hall–Kier alpha value is -2.27. The Morgan fingerprint density at radius 2 is 2.29 bits per heavy atom. The predicted octanol–water partition coefficient (Wildman–Crippen LogP) is 0.317. The maximum Gasteiger partial charge on any atom is 0.694 e. The van der Waals surface area contributed by atoms with Gasteiger partial charge in [0.15, 0.2) is 11.2 Å². The molecule has 0 bridgehead atoms. The Morgan fingerprint density at radius 1 is 1.55 bits per heavy atom. The second kappa shape index (κ2) is 9.47. The summed E-state index contributed by atoms with van der Waals surface area (Å²) in [5.41, 5.74) is 5.13. The van der Waals surface area contributed by atoms with E-state index in [2.05, 4.69) is 15.0 Å². The molecule has 3 rings (SSSR count). The number of hydrogen-bond acceptors (Lipinski definition) is 11. The van der Waals surface area contributed by atoms with E-state index in [1.807, 2.05) is 0 Å². The first kappa shape index (κ1) is 23.4. The van der Waals surface area contributed by atoms with Crippen LogP contribution in [0, 0.1) is 17.2 Å². The molecule has 168 valence electrons. The van der Waals surface area contributed by atoms with Gasteiger partial charge in [-0.1, -0.05) is 6.92 Å². The van der Waals surface area contributed by atoms with Gasteiger partial charge in [0.05, 0.1) is 25.4 Å². The van der Waals surface area contributed by atoms with Crippen molar-refractivity contribution in [1.82, 2.24) is 19.5 Å². The minimum atomic E-state index is -4.60. The highest BCUT2D eigenvalue weighted by molar-refractivity contribution is 7.47. The molecule has 17 heteroatoms. The molecule has 0 spiro atoms. The van der Waals surface area contributed by atoms with E-state index in [0.29, 0.717) is 0 Å². The van der Waals surface area contributed by atoms with Gasteiger partial charge in [-0.3, -0.25) is 23.4 Å². The lowest BCUT2D eigenvalue weighted by Gasteiger charge is -2.22. The number of nitrogens with one attached hydrogen (secondary N) is 1. The number of fused-ring (bicyclic) bond motifs is 1. The number of nitriles is 1. The molecule has 0 radical (unpaired) electrons. The highest BCUT2D eigenvalue weighted by atomic mass is 31.2.